The Kier molecular flexibility index (Phi) is 7.45. The molecule has 0 aromatic heterocycles. The number of likely N-dealkylation sites (N-methyl/N-ethyl adjacent to an activating group) is 1. The average Bonchev–Trinajstić information content (AvgIpc) is 2.75. The van der Waals surface area contributed by atoms with Crippen LogP contribution in [0.5, 0.6) is 0 Å². The maximum atomic E-state index is 12.6. The zero-order valence-electron chi connectivity index (χ0n) is 16.9. The van der Waals surface area contributed by atoms with E-state index in [1.54, 1.807) is 18.9 Å². The molecule has 3 unspecified atom stereocenters. The molecule has 0 saturated carbocycles. The van der Waals surface area contributed by atoms with Crippen LogP contribution in [0.2, 0.25) is 0 Å². The molecule has 2 aliphatic rings. The molecule has 0 N–H and O–H groups in total. The second kappa shape index (κ2) is 10.0. The Bertz CT molecular complexity index is 671. The summed E-state index contributed by atoms with van der Waals surface area (Å²) in [6.45, 7) is 2.51. The molecule has 1 amide bonds. The normalized spacial score (nSPS) is 22.8. The van der Waals surface area contributed by atoms with E-state index in [2.05, 4.69) is 12.1 Å². The van der Waals surface area contributed by atoms with Gasteiger partial charge in [-0.1, -0.05) is 24.3 Å². The van der Waals surface area contributed by atoms with Gasteiger partial charge < -0.3 is 19.1 Å². The lowest BCUT2D eigenvalue weighted by molar-refractivity contribution is -0.164. The quantitative estimate of drug-likeness (QED) is 0.671. The Hall–Kier alpha value is -1.92. The second-order valence-electron chi connectivity index (χ2n) is 7.68. The highest BCUT2D eigenvalue weighted by Crippen LogP contribution is 2.33. The van der Waals surface area contributed by atoms with E-state index in [4.69, 9.17) is 14.2 Å². The molecule has 0 bridgehead atoms. The maximum Gasteiger partial charge on any atom is 0.335 e. The van der Waals surface area contributed by atoms with Gasteiger partial charge in [-0.05, 0) is 56.6 Å². The fourth-order valence-corrected chi connectivity index (χ4v) is 3.91. The van der Waals surface area contributed by atoms with Gasteiger partial charge in [0.25, 0.3) is 5.91 Å². The number of carbonyl (C=O) groups excluding carboxylic acids is 2. The Morgan fingerprint density at radius 2 is 2.04 bits per heavy atom. The fraction of sp³-hybridized carbons (Fsp3) is 0.636. The lowest BCUT2D eigenvalue weighted by Gasteiger charge is -2.33. The Balaban J connectivity index is 1.45. The minimum absolute atomic E-state index is 0.0354. The van der Waals surface area contributed by atoms with Crippen LogP contribution >= 0.6 is 0 Å². The van der Waals surface area contributed by atoms with E-state index in [1.165, 1.54) is 11.1 Å². The number of hydrogen-bond donors (Lipinski definition) is 0. The van der Waals surface area contributed by atoms with Crippen LogP contribution in [-0.2, 0) is 30.2 Å². The summed E-state index contributed by atoms with van der Waals surface area (Å²) in [5.74, 6) is -0.709. The molecule has 1 aromatic rings. The largest absolute Gasteiger partial charge is 0.454 e. The molecule has 6 heteroatoms. The summed E-state index contributed by atoms with van der Waals surface area (Å²) in [7, 11) is 1.78. The van der Waals surface area contributed by atoms with Gasteiger partial charge in [-0.25, -0.2) is 4.79 Å². The van der Waals surface area contributed by atoms with Crippen LogP contribution in [0, 0.1) is 0 Å². The molecule has 6 nitrogen and oxygen atoms in total. The van der Waals surface area contributed by atoms with Crippen molar-refractivity contribution in [2.75, 3.05) is 26.9 Å². The van der Waals surface area contributed by atoms with E-state index < -0.39 is 12.1 Å². The number of carbonyl (C=O) groups is 2. The predicted octanol–water partition coefficient (Wildman–Crippen LogP) is 3.04. The summed E-state index contributed by atoms with van der Waals surface area (Å²) >= 11 is 0. The molecule has 3 atom stereocenters. The van der Waals surface area contributed by atoms with Crippen molar-refractivity contribution in [1.29, 1.82) is 0 Å². The summed E-state index contributed by atoms with van der Waals surface area (Å²) in [5.41, 5.74) is 2.49. The van der Waals surface area contributed by atoms with Gasteiger partial charge in [0, 0.05) is 13.7 Å². The van der Waals surface area contributed by atoms with Crippen molar-refractivity contribution in [1.82, 2.24) is 4.90 Å². The van der Waals surface area contributed by atoms with Crippen LogP contribution in [0.3, 0.4) is 0 Å². The number of hydrogen-bond acceptors (Lipinski definition) is 5. The van der Waals surface area contributed by atoms with Crippen molar-refractivity contribution in [2.45, 2.75) is 63.7 Å². The van der Waals surface area contributed by atoms with E-state index in [9.17, 15) is 9.59 Å². The molecule has 154 valence electrons. The molecule has 1 aromatic carbocycles. The maximum absolute atomic E-state index is 12.6. The van der Waals surface area contributed by atoms with Crippen LogP contribution in [0.1, 0.15) is 56.2 Å². The minimum Gasteiger partial charge on any atom is -0.454 e. The lowest BCUT2D eigenvalue weighted by Crippen LogP contribution is -2.37. The second-order valence-corrected chi connectivity index (χ2v) is 7.68. The van der Waals surface area contributed by atoms with Gasteiger partial charge in [-0.2, -0.15) is 0 Å². The monoisotopic (exact) mass is 389 g/mol. The standard InChI is InChI=1S/C22H31NO5/c1-16(27-14-18-10-5-6-13-26-18)22(25)28-15-21(24)23(2)20-12-7-9-17-8-3-4-11-19(17)20/h3-4,8,11,16,18,20H,5-7,9-10,12-15H2,1-2H3. The zero-order chi connectivity index (χ0) is 19.9. The van der Waals surface area contributed by atoms with Crippen LogP contribution in [-0.4, -0.2) is 55.9 Å². The first kappa shape index (κ1) is 20.8. The molecule has 1 saturated heterocycles. The van der Waals surface area contributed by atoms with Gasteiger partial charge in [-0.3, -0.25) is 4.79 Å². The predicted molar refractivity (Wildman–Crippen MR) is 105 cm³/mol. The summed E-state index contributed by atoms with van der Waals surface area (Å²) < 4.78 is 16.4. The molecule has 3 rings (SSSR count). The summed E-state index contributed by atoms with van der Waals surface area (Å²) in [6, 6.07) is 8.27. The van der Waals surface area contributed by atoms with Crippen molar-refractivity contribution in [2.24, 2.45) is 0 Å². The zero-order valence-corrected chi connectivity index (χ0v) is 16.9. The number of benzene rings is 1. The number of ether oxygens (including phenoxy) is 3. The SMILES string of the molecule is CC(OCC1CCCCO1)C(=O)OCC(=O)N(C)C1CCCc2ccccc21. The van der Waals surface area contributed by atoms with E-state index in [0.29, 0.717) is 6.61 Å². The van der Waals surface area contributed by atoms with Gasteiger partial charge in [0.05, 0.1) is 18.8 Å². The molecule has 1 heterocycles. The molecule has 0 spiro atoms. The summed E-state index contributed by atoms with van der Waals surface area (Å²) in [6.07, 6.45) is 5.51. The average molecular weight is 389 g/mol. The van der Waals surface area contributed by atoms with E-state index in [0.717, 1.165) is 45.1 Å². The highest BCUT2D eigenvalue weighted by molar-refractivity contribution is 5.82. The highest BCUT2D eigenvalue weighted by Gasteiger charge is 2.27. The van der Waals surface area contributed by atoms with Gasteiger partial charge >= 0.3 is 5.97 Å². The molecule has 28 heavy (non-hydrogen) atoms. The Morgan fingerprint density at radius 1 is 1.21 bits per heavy atom. The van der Waals surface area contributed by atoms with Gasteiger partial charge in [0.1, 0.15) is 0 Å². The van der Waals surface area contributed by atoms with Gasteiger partial charge in [0.15, 0.2) is 12.7 Å². The van der Waals surface area contributed by atoms with E-state index in [1.807, 2.05) is 12.1 Å². The highest BCUT2D eigenvalue weighted by atomic mass is 16.6. The third-order valence-corrected chi connectivity index (χ3v) is 5.67. The molecular weight excluding hydrogens is 358 g/mol. The Morgan fingerprint density at radius 3 is 2.82 bits per heavy atom. The number of rotatable bonds is 7. The first-order chi connectivity index (χ1) is 13.6. The van der Waals surface area contributed by atoms with Crippen LogP contribution in [0.15, 0.2) is 24.3 Å². The van der Waals surface area contributed by atoms with Crippen molar-refractivity contribution in [3.05, 3.63) is 35.4 Å². The van der Waals surface area contributed by atoms with Crippen molar-refractivity contribution in [3.8, 4) is 0 Å². The van der Waals surface area contributed by atoms with E-state index in [-0.39, 0.29) is 24.7 Å². The Labute approximate surface area is 167 Å². The number of aryl methyl sites for hydroxylation is 1. The van der Waals surface area contributed by atoms with Crippen molar-refractivity contribution in [3.63, 3.8) is 0 Å². The minimum atomic E-state index is -0.709. The first-order valence-corrected chi connectivity index (χ1v) is 10.3. The van der Waals surface area contributed by atoms with Crippen molar-refractivity contribution < 1.29 is 23.8 Å². The van der Waals surface area contributed by atoms with Gasteiger partial charge in [-0.15, -0.1) is 0 Å². The van der Waals surface area contributed by atoms with Crippen molar-refractivity contribution >= 4 is 11.9 Å². The molecule has 0 radical (unpaired) electrons. The molecule has 1 fully saturated rings. The van der Waals surface area contributed by atoms with Gasteiger partial charge in [0.2, 0.25) is 0 Å². The first-order valence-electron chi connectivity index (χ1n) is 10.3. The molecule has 1 aliphatic heterocycles. The lowest BCUT2D eigenvalue weighted by atomic mass is 9.87. The third-order valence-electron chi connectivity index (χ3n) is 5.67. The fourth-order valence-electron chi connectivity index (χ4n) is 3.91. The molecule has 1 aliphatic carbocycles. The number of amides is 1. The summed E-state index contributed by atoms with van der Waals surface area (Å²) in [5, 5.41) is 0. The summed E-state index contributed by atoms with van der Waals surface area (Å²) in [4.78, 5) is 26.4. The molecular formula is C22H31NO5. The van der Waals surface area contributed by atoms with Crippen LogP contribution in [0.25, 0.3) is 0 Å². The number of nitrogens with zero attached hydrogens (tertiary/aromatic N) is 1. The van der Waals surface area contributed by atoms with E-state index >= 15 is 0 Å². The topological polar surface area (TPSA) is 65.1 Å². The van der Waals surface area contributed by atoms with Crippen LogP contribution in [0.4, 0.5) is 0 Å². The smallest absolute Gasteiger partial charge is 0.335 e. The van der Waals surface area contributed by atoms with Crippen LogP contribution < -0.4 is 0 Å². The number of fused-ring (bicyclic) bond motifs is 1. The third kappa shape index (κ3) is 5.32. The number of esters is 1.